The van der Waals surface area contributed by atoms with E-state index < -0.39 is 59.7 Å². The Morgan fingerprint density at radius 3 is 1.54 bits per heavy atom. The molecule has 1 unspecified atom stereocenters. The fourth-order valence-electron chi connectivity index (χ4n) is 0.351. The molecule has 0 aliphatic carbocycles. The van der Waals surface area contributed by atoms with Gasteiger partial charge in [0.25, 0.3) is 20.2 Å². The normalized spacial score (nSPS) is 12.7. The van der Waals surface area contributed by atoms with Gasteiger partial charge >= 0.3 is 7.82 Å². The number of hydrogen-bond acceptors (Lipinski definition) is 9. The van der Waals surface area contributed by atoms with Gasteiger partial charge in [0, 0.05) is 0 Å². The molecular formula is C7H22IO13PS2. The Morgan fingerprint density at radius 2 is 1.42 bits per heavy atom. The van der Waals surface area contributed by atoms with Crippen LogP contribution >= 0.6 is 31.8 Å². The number of rotatable bonds is 7. The van der Waals surface area contributed by atoms with Gasteiger partial charge in [-0.1, -0.05) is 0 Å². The molecule has 0 fully saturated rings. The summed E-state index contributed by atoms with van der Waals surface area (Å²) in [5.74, 6) is -0.778. The van der Waals surface area contributed by atoms with Crippen LogP contribution in [0.5, 0.6) is 0 Å². The second-order valence-electron chi connectivity index (χ2n) is 3.50. The van der Waals surface area contributed by atoms with E-state index in [0.29, 0.717) is 0 Å². The maximum Gasteiger partial charge on any atom is 0.469 e. The molecule has 0 saturated heterocycles. The van der Waals surface area contributed by atoms with Crippen molar-refractivity contribution >= 4 is 52.0 Å². The standard InChI is InChI=1S/C3H9O6P.C2H6O4S.C2H6O3S.HI/c4-1-3(5)2-9-10(6,7)8;3-1-2-7(4,5)6;1-2-6(3,4)5;/h3-5H,1-2H2,(H2,6,7,8);3H,1-2H2,(H,4,5,6);2H2,1H3,(H,3,4,5);1H. The Hall–Kier alpha value is 0.540. The van der Waals surface area contributed by atoms with Gasteiger partial charge in [0.05, 0.1) is 31.3 Å². The average Bonchev–Trinajstić information content (AvgIpc) is 2.34. The minimum absolute atomic E-state index is 0. The first-order chi connectivity index (χ1) is 10.1. The van der Waals surface area contributed by atoms with Gasteiger partial charge in [-0.15, -0.1) is 24.0 Å². The lowest BCUT2D eigenvalue weighted by atomic mass is 10.4. The number of aliphatic hydroxyl groups excluding tert-OH is 3. The van der Waals surface area contributed by atoms with Gasteiger partial charge in [0.15, 0.2) is 0 Å². The van der Waals surface area contributed by atoms with Crippen LogP contribution < -0.4 is 0 Å². The zero-order valence-corrected chi connectivity index (χ0v) is 17.2. The van der Waals surface area contributed by atoms with Crippen LogP contribution in [0.2, 0.25) is 0 Å². The molecule has 152 valence electrons. The van der Waals surface area contributed by atoms with Crippen molar-refractivity contribution in [3.63, 3.8) is 0 Å². The molecular weight excluding hydrogens is 514 g/mol. The molecule has 7 N–H and O–H groups in total. The van der Waals surface area contributed by atoms with E-state index in [0.717, 1.165) is 0 Å². The predicted molar refractivity (Wildman–Crippen MR) is 92.1 cm³/mol. The van der Waals surface area contributed by atoms with E-state index in [1.165, 1.54) is 6.92 Å². The van der Waals surface area contributed by atoms with E-state index in [1.54, 1.807) is 0 Å². The van der Waals surface area contributed by atoms with Crippen molar-refractivity contribution in [1.82, 2.24) is 0 Å². The Kier molecular flexibility index (Phi) is 21.2. The quantitative estimate of drug-likeness (QED) is 0.104. The molecule has 0 spiro atoms. The summed E-state index contributed by atoms with van der Waals surface area (Å²) in [6.07, 6.45) is -1.24. The van der Waals surface area contributed by atoms with Crippen LogP contribution in [0.4, 0.5) is 0 Å². The van der Waals surface area contributed by atoms with Crippen molar-refractivity contribution in [2.75, 3.05) is 31.3 Å². The van der Waals surface area contributed by atoms with Crippen LogP contribution in [-0.2, 0) is 29.3 Å². The van der Waals surface area contributed by atoms with Crippen LogP contribution in [0.3, 0.4) is 0 Å². The van der Waals surface area contributed by atoms with Crippen LogP contribution in [0.15, 0.2) is 0 Å². The highest BCUT2D eigenvalue weighted by Crippen LogP contribution is 2.35. The Morgan fingerprint density at radius 1 is 1.04 bits per heavy atom. The highest BCUT2D eigenvalue weighted by atomic mass is 127. The third-order valence-corrected chi connectivity index (χ3v) is 3.27. The summed E-state index contributed by atoms with van der Waals surface area (Å²) in [7, 11) is -12.1. The average molecular weight is 536 g/mol. The van der Waals surface area contributed by atoms with Gasteiger partial charge < -0.3 is 25.1 Å². The fourth-order valence-corrected chi connectivity index (χ4v) is 0.948. The molecule has 17 heteroatoms. The number of halogens is 1. The molecule has 0 rings (SSSR count). The summed E-state index contributed by atoms with van der Waals surface area (Å²) in [5.41, 5.74) is 0. The molecule has 0 aliphatic rings. The Balaban J connectivity index is -0.000000127. The van der Waals surface area contributed by atoms with E-state index in [9.17, 15) is 21.4 Å². The van der Waals surface area contributed by atoms with Crippen molar-refractivity contribution in [3.05, 3.63) is 0 Å². The van der Waals surface area contributed by atoms with Crippen molar-refractivity contribution in [2.24, 2.45) is 0 Å². The number of phosphoric ester groups is 1. The number of hydrogen-bond donors (Lipinski definition) is 7. The summed E-state index contributed by atoms with van der Waals surface area (Å²) in [6, 6.07) is 0. The van der Waals surface area contributed by atoms with Gasteiger partial charge in [-0.25, -0.2) is 4.57 Å². The highest BCUT2D eigenvalue weighted by molar-refractivity contribution is 14.0. The van der Waals surface area contributed by atoms with Crippen LogP contribution in [0.25, 0.3) is 0 Å². The smallest absolute Gasteiger partial charge is 0.395 e. The summed E-state index contributed by atoms with van der Waals surface area (Å²) < 4.78 is 67.8. The molecule has 0 aromatic heterocycles. The zero-order valence-electron chi connectivity index (χ0n) is 12.4. The van der Waals surface area contributed by atoms with Gasteiger partial charge in [0.2, 0.25) is 0 Å². The molecule has 0 amide bonds. The molecule has 0 saturated carbocycles. The molecule has 0 bridgehead atoms. The first-order valence-corrected chi connectivity index (χ1v) is 10.3. The summed E-state index contributed by atoms with van der Waals surface area (Å²) in [6.45, 7) is -0.311. The zero-order chi connectivity index (χ0) is 19.3. The lowest BCUT2D eigenvalue weighted by molar-refractivity contribution is 0.0419. The minimum atomic E-state index is -4.50. The molecule has 0 radical (unpaired) electrons. The molecule has 0 aromatic rings. The maximum atomic E-state index is 9.93. The maximum absolute atomic E-state index is 9.93. The predicted octanol–water partition coefficient (Wildman–Crippen LogP) is -2.17. The molecule has 0 aliphatic heterocycles. The summed E-state index contributed by atoms with van der Waals surface area (Å²) in [5, 5.41) is 24.5. The van der Waals surface area contributed by atoms with Crippen molar-refractivity contribution < 1.29 is 60.1 Å². The van der Waals surface area contributed by atoms with E-state index >= 15 is 0 Å². The van der Waals surface area contributed by atoms with Gasteiger partial charge in [0.1, 0.15) is 6.10 Å². The molecule has 0 aromatic carbocycles. The molecule has 1 atom stereocenters. The SMILES string of the molecule is CCS(=O)(=O)O.I.O=P(O)(O)OCC(O)CO.O=S(=O)(O)CCO. The second kappa shape index (κ2) is 15.8. The fraction of sp³-hybridized carbons (Fsp3) is 1.00. The lowest BCUT2D eigenvalue weighted by Crippen LogP contribution is -2.18. The molecule has 24 heavy (non-hydrogen) atoms. The topological polar surface area (TPSA) is 236 Å². The van der Waals surface area contributed by atoms with Gasteiger partial charge in [-0.3, -0.25) is 13.6 Å². The third kappa shape index (κ3) is 43.3. The first-order valence-electron chi connectivity index (χ1n) is 5.58. The van der Waals surface area contributed by atoms with Crippen LogP contribution in [-0.4, -0.2) is 88.5 Å². The third-order valence-electron chi connectivity index (χ3n) is 1.36. The lowest BCUT2D eigenvalue weighted by Gasteiger charge is -2.07. The Labute approximate surface area is 156 Å². The van der Waals surface area contributed by atoms with Gasteiger partial charge in [-0.05, 0) is 6.92 Å². The van der Waals surface area contributed by atoms with Crippen molar-refractivity contribution in [2.45, 2.75) is 13.0 Å². The van der Waals surface area contributed by atoms with E-state index in [-0.39, 0.29) is 29.7 Å². The van der Waals surface area contributed by atoms with E-state index in [2.05, 4.69) is 4.52 Å². The van der Waals surface area contributed by atoms with Crippen LogP contribution in [0.1, 0.15) is 6.92 Å². The first kappa shape index (κ1) is 32.2. The second-order valence-corrected chi connectivity index (χ2v) is 8.06. The molecule has 13 nitrogen and oxygen atoms in total. The largest absolute Gasteiger partial charge is 0.469 e. The summed E-state index contributed by atoms with van der Waals surface area (Å²) in [4.78, 5) is 16.1. The number of phosphoric acid groups is 1. The van der Waals surface area contributed by atoms with Gasteiger partial charge in [-0.2, -0.15) is 16.8 Å². The van der Waals surface area contributed by atoms with Crippen molar-refractivity contribution in [3.8, 4) is 0 Å². The van der Waals surface area contributed by atoms with Crippen molar-refractivity contribution in [1.29, 1.82) is 0 Å². The van der Waals surface area contributed by atoms with E-state index in [1.807, 2.05) is 0 Å². The van der Waals surface area contributed by atoms with E-state index in [4.69, 9.17) is 34.2 Å². The summed E-state index contributed by atoms with van der Waals surface area (Å²) >= 11 is 0. The number of aliphatic hydroxyl groups is 3. The molecule has 0 heterocycles. The monoisotopic (exact) mass is 536 g/mol. The minimum Gasteiger partial charge on any atom is -0.395 e. The Bertz CT molecular complexity index is 527. The van der Waals surface area contributed by atoms with Crippen LogP contribution in [0, 0.1) is 0 Å². The highest BCUT2D eigenvalue weighted by Gasteiger charge is 2.15.